The molecular formula is C14H16N2O. The van der Waals surface area contributed by atoms with Crippen LogP contribution in [0.5, 0.6) is 0 Å². The van der Waals surface area contributed by atoms with Crippen molar-refractivity contribution in [1.82, 2.24) is 9.78 Å². The van der Waals surface area contributed by atoms with Crippen LogP contribution in [-0.2, 0) is 6.54 Å². The van der Waals surface area contributed by atoms with Crippen molar-refractivity contribution >= 4 is 5.78 Å². The molecule has 0 spiro atoms. The van der Waals surface area contributed by atoms with E-state index in [1.54, 1.807) is 19.3 Å². The fourth-order valence-corrected chi connectivity index (χ4v) is 1.89. The van der Waals surface area contributed by atoms with E-state index in [9.17, 15) is 4.79 Å². The Morgan fingerprint density at radius 1 is 1.29 bits per heavy atom. The van der Waals surface area contributed by atoms with Crippen molar-refractivity contribution in [3.8, 4) is 0 Å². The van der Waals surface area contributed by atoms with Gasteiger partial charge in [0.05, 0.1) is 18.3 Å². The normalized spacial score (nSPS) is 10.5. The molecule has 0 saturated carbocycles. The molecule has 2 rings (SSSR count). The van der Waals surface area contributed by atoms with Crippen LogP contribution in [0.2, 0.25) is 0 Å². The van der Waals surface area contributed by atoms with E-state index in [-0.39, 0.29) is 5.78 Å². The number of hydrogen-bond donors (Lipinski definition) is 0. The second kappa shape index (κ2) is 4.53. The lowest BCUT2D eigenvalue weighted by Crippen LogP contribution is -2.04. The van der Waals surface area contributed by atoms with E-state index in [0.717, 1.165) is 0 Å². The highest BCUT2D eigenvalue weighted by Crippen LogP contribution is 2.14. The summed E-state index contributed by atoms with van der Waals surface area (Å²) >= 11 is 0. The molecular weight excluding hydrogens is 212 g/mol. The molecule has 0 aliphatic heterocycles. The van der Waals surface area contributed by atoms with Crippen LogP contribution < -0.4 is 0 Å². The van der Waals surface area contributed by atoms with Gasteiger partial charge in [0, 0.05) is 6.20 Å². The van der Waals surface area contributed by atoms with Crippen molar-refractivity contribution in [1.29, 1.82) is 0 Å². The van der Waals surface area contributed by atoms with Gasteiger partial charge in [-0.05, 0) is 37.5 Å². The summed E-state index contributed by atoms with van der Waals surface area (Å²) in [5.41, 5.74) is 4.44. The molecule has 3 nitrogen and oxygen atoms in total. The van der Waals surface area contributed by atoms with Crippen LogP contribution in [-0.4, -0.2) is 15.6 Å². The van der Waals surface area contributed by atoms with E-state index in [2.05, 4.69) is 37.1 Å². The fraction of sp³-hybridized carbons (Fsp3) is 0.286. The Morgan fingerprint density at radius 3 is 2.47 bits per heavy atom. The third kappa shape index (κ3) is 2.44. The summed E-state index contributed by atoms with van der Waals surface area (Å²) in [6, 6.07) is 6.24. The second-order valence-corrected chi connectivity index (χ2v) is 4.35. The van der Waals surface area contributed by atoms with Crippen molar-refractivity contribution in [2.75, 3.05) is 0 Å². The predicted molar refractivity (Wildman–Crippen MR) is 67.2 cm³/mol. The first-order valence-corrected chi connectivity index (χ1v) is 5.66. The number of hydrogen-bond acceptors (Lipinski definition) is 2. The maximum atomic E-state index is 11.2. The van der Waals surface area contributed by atoms with E-state index >= 15 is 0 Å². The number of carbonyl (C=O) groups excluding carboxylic acids is 1. The number of rotatable bonds is 3. The summed E-state index contributed by atoms with van der Waals surface area (Å²) in [6.45, 7) is 6.46. The zero-order valence-corrected chi connectivity index (χ0v) is 10.4. The van der Waals surface area contributed by atoms with Gasteiger partial charge in [0.2, 0.25) is 0 Å². The predicted octanol–water partition coefficient (Wildman–Crippen LogP) is 2.75. The van der Waals surface area contributed by atoms with E-state index < -0.39 is 0 Å². The number of carbonyl (C=O) groups is 1. The molecule has 0 fully saturated rings. The molecule has 2 aromatic rings. The van der Waals surface area contributed by atoms with Crippen molar-refractivity contribution < 1.29 is 4.79 Å². The molecule has 0 unspecified atom stereocenters. The van der Waals surface area contributed by atoms with Gasteiger partial charge in [0.25, 0.3) is 0 Å². The third-order valence-corrected chi connectivity index (χ3v) is 3.00. The highest BCUT2D eigenvalue weighted by Gasteiger charge is 2.06. The summed E-state index contributed by atoms with van der Waals surface area (Å²) in [5, 5.41) is 4.21. The first-order chi connectivity index (χ1) is 8.08. The van der Waals surface area contributed by atoms with Gasteiger partial charge in [-0.15, -0.1) is 0 Å². The first kappa shape index (κ1) is 11.6. The molecule has 3 heteroatoms. The second-order valence-electron chi connectivity index (χ2n) is 4.35. The van der Waals surface area contributed by atoms with E-state index in [1.807, 2.05) is 4.68 Å². The van der Waals surface area contributed by atoms with Crippen LogP contribution in [0.4, 0.5) is 0 Å². The SMILES string of the molecule is CC(=O)c1cnn(Cc2c(C)cccc2C)c1. The minimum atomic E-state index is 0.0535. The molecule has 0 atom stereocenters. The molecule has 0 aliphatic carbocycles. The van der Waals surface area contributed by atoms with Gasteiger partial charge in [-0.25, -0.2) is 0 Å². The van der Waals surface area contributed by atoms with Gasteiger partial charge < -0.3 is 0 Å². The maximum absolute atomic E-state index is 11.2. The van der Waals surface area contributed by atoms with Gasteiger partial charge in [-0.2, -0.15) is 5.10 Å². The topological polar surface area (TPSA) is 34.9 Å². The number of aryl methyl sites for hydroxylation is 2. The van der Waals surface area contributed by atoms with E-state index in [1.165, 1.54) is 16.7 Å². The lowest BCUT2D eigenvalue weighted by Gasteiger charge is -2.09. The molecule has 0 N–H and O–H groups in total. The van der Waals surface area contributed by atoms with Crippen molar-refractivity contribution in [2.24, 2.45) is 0 Å². The van der Waals surface area contributed by atoms with Crippen LogP contribution in [0.15, 0.2) is 30.6 Å². The smallest absolute Gasteiger partial charge is 0.162 e. The summed E-state index contributed by atoms with van der Waals surface area (Å²) in [6.07, 6.45) is 3.42. The Morgan fingerprint density at radius 2 is 1.94 bits per heavy atom. The molecule has 0 amide bonds. The third-order valence-electron chi connectivity index (χ3n) is 3.00. The lowest BCUT2D eigenvalue weighted by molar-refractivity contribution is 0.101. The highest BCUT2D eigenvalue weighted by molar-refractivity contribution is 5.93. The maximum Gasteiger partial charge on any atom is 0.162 e. The molecule has 1 heterocycles. The van der Waals surface area contributed by atoms with E-state index in [0.29, 0.717) is 12.1 Å². The number of Topliss-reactive ketones (excluding diaryl/α,β-unsaturated/α-hetero) is 1. The lowest BCUT2D eigenvalue weighted by atomic mass is 10.0. The summed E-state index contributed by atoms with van der Waals surface area (Å²) in [5.74, 6) is 0.0535. The quantitative estimate of drug-likeness (QED) is 0.757. The Hall–Kier alpha value is -1.90. The molecule has 1 aromatic heterocycles. The zero-order valence-electron chi connectivity index (χ0n) is 10.4. The molecule has 0 radical (unpaired) electrons. The summed E-state index contributed by atoms with van der Waals surface area (Å²) in [4.78, 5) is 11.2. The van der Waals surface area contributed by atoms with E-state index in [4.69, 9.17) is 0 Å². The first-order valence-electron chi connectivity index (χ1n) is 5.66. The number of benzene rings is 1. The highest BCUT2D eigenvalue weighted by atomic mass is 16.1. The van der Waals surface area contributed by atoms with Crippen LogP contribution in [0, 0.1) is 13.8 Å². The van der Waals surface area contributed by atoms with Gasteiger partial charge in [-0.1, -0.05) is 18.2 Å². The minimum Gasteiger partial charge on any atom is -0.294 e. The monoisotopic (exact) mass is 228 g/mol. The Balaban J connectivity index is 2.28. The minimum absolute atomic E-state index is 0.0535. The van der Waals surface area contributed by atoms with Crippen LogP contribution in [0.1, 0.15) is 34.0 Å². The average Bonchev–Trinajstić information content (AvgIpc) is 2.72. The summed E-state index contributed by atoms with van der Waals surface area (Å²) in [7, 11) is 0. The summed E-state index contributed by atoms with van der Waals surface area (Å²) < 4.78 is 1.81. The largest absolute Gasteiger partial charge is 0.294 e. The molecule has 17 heavy (non-hydrogen) atoms. The number of ketones is 1. The molecule has 88 valence electrons. The van der Waals surface area contributed by atoms with Crippen molar-refractivity contribution in [2.45, 2.75) is 27.3 Å². The number of nitrogens with zero attached hydrogens (tertiary/aromatic N) is 2. The van der Waals surface area contributed by atoms with Gasteiger partial charge in [0.1, 0.15) is 0 Å². The molecule has 1 aromatic carbocycles. The fourth-order valence-electron chi connectivity index (χ4n) is 1.89. The molecule has 0 saturated heterocycles. The van der Waals surface area contributed by atoms with Crippen LogP contribution in [0.25, 0.3) is 0 Å². The Kier molecular flexibility index (Phi) is 3.09. The molecule has 0 aliphatic rings. The van der Waals surface area contributed by atoms with Gasteiger partial charge >= 0.3 is 0 Å². The average molecular weight is 228 g/mol. The van der Waals surface area contributed by atoms with Gasteiger partial charge in [-0.3, -0.25) is 9.48 Å². The van der Waals surface area contributed by atoms with Crippen molar-refractivity contribution in [3.63, 3.8) is 0 Å². The molecule has 0 bridgehead atoms. The van der Waals surface area contributed by atoms with Crippen molar-refractivity contribution in [3.05, 3.63) is 52.8 Å². The zero-order chi connectivity index (χ0) is 12.4. The van der Waals surface area contributed by atoms with Crippen LogP contribution in [0.3, 0.4) is 0 Å². The number of aromatic nitrogens is 2. The Labute approximate surface area is 101 Å². The standard InChI is InChI=1S/C14H16N2O/c1-10-5-4-6-11(2)14(10)9-16-8-13(7-15-16)12(3)17/h4-8H,9H2,1-3H3. The van der Waals surface area contributed by atoms with Gasteiger partial charge in [0.15, 0.2) is 5.78 Å². The van der Waals surface area contributed by atoms with Crippen LogP contribution >= 0.6 is 0 Å². The Bertz CT molecular complexity index is 535.